The fraction of sp³-hybridized carbons (Fsp3) is 0.600. The van der Waals surface area contributed by atoms with Crippen molar-refractivity contribution in [1.82, 2.24) is 10.6 Å². The number of rotatable bonds is 2. The maximum Gasteiger partial charge on any atom is 0.0533 e. The SMILES string of the molecule is CC1(c2ccccc2)CNC(C)(C2CC2)CN1. The largest absolute Gasteiger partial charge is 0.308 e. The number of nitrogens with one attached hydrogen (secondary N) is 2. The summed E-state index contributed by atoms with van der Waals surface area (Å²) in [7, 11) is 0. The van der Waals surface area contributed by atoms with Gasteiger partial charge in [0.2, 0.25) is 0 Å². The molecule has 2 unspecified atom stereocenters. The van der Waals surface area contributed by atoms with Gasteiger partial charge in [0.1, 0.15) is 0 Å². The molecule has 1 aliphatic carbocycles. The number of hydrogen-bond acceptors (Lipinski definition) is 2. The maximum absolute atomic E-state index is 3.78. The van der Waals surface area contributed by atoms with Crippen molar-refractivity contribution >= 4 is 0 Å². The van der Waals surface area contributed by atoms with Crippen LogP contribution >= 0.6 is 0 Å². The number of piperazine rings is 1. The summed E-state index contributed by atoms with van der Waals surface area (Å²) in [5.41, 5.74) is 1.77. The fourth-order valence-electron chi connectivity index (χ4n) is 2.90. The van der Waals surface area contributed by atoms with E-state index in [0.29, 0.717) is 5.54 Å². The van der Waals surface area contributed by atoms with Gasteiger partial charge in [-0.25, -0.2) is 0 Å². The molecule has 0 radical (unpaired) electrons. The minimum Gasteiger partial charge on any atom is -0.308 e. The zero-order chi connectivity index (χ0) is 11.9. The Morgan fingerprint density at radius 3 is 2.24 bits per heavy atom. The first-order chi connectivity index (χ1) is 8.12. The van der Waals surface area contributed by atoms with E-state index in [1.165, 1.54) is 18.4 Å². The Morgan fingerprint density at radius 2 is 1.71 bits per heavy atom. The highest BCUT2D eigenvalue weighted by Gasteiger charge is 2.46. The predicted octanol–water partition coefficient (Wildman–Crippen LogP) is 2.26. The van der Waals surface area contributed by atoms with Gasteiger partial charge in [-0.2, -0.15) is 0 Å². The molecule has 1 saturated carbocycles. The Morgan fingerprint density at radius 1 is 1.00 bits per heavy atom. The first-order valence-corrected chi connectivity index (χ1v) is 6.68. The van der Waals surface area contributed by atoms with E-state index in [1.54, 1.807) is 0 Å². The van der Waals surface area contributed by atoms with Crippen LogP contribution in [-0.4, -0.2) is 18.6 Å². The van der Waals surface area contributed by atoms with Crippen molar-refractivity contribution in [2.45, 2.75) is 37.8 Å². The van der Waals surface area contributed by atoms with Crippen LogP contribution in [0.4, 0.5) is 0 Å². The quantitative estimate of drug-likeness (QED) is 0.814. The van der Waals surface area contributed by atoms with E-state index in [0.717, 1.165) is 19.0 Å². The molecule has 2 fully saturated rings. The van der Waals surface area contributed by atoms with Crippen molar-refractivity contribution in [3.8, 4) is 0 Å². The molecule has 0 aromatic heterocycles. The number of hydrogen-bond donors (Lipinski definition) is 2. The van der Waals surface area contributed by atoms with Gasteiger partial charge in [-0.3, -0.25) is 0 Å². The van der Waals surface area contributed by atoms with Gasteiger partial charge in [-0.15, -0.1) is 0 Å². The zero-order valence-corrected chi connectivity index (χ0v) is 10.8. The van der Waals surface area contributed by atoms with E-state index < -0.39 is 0 Å². The third-order valence-corrected chi connectivity index (χ3v) is 4.58. The van der Waals surface area contributed by atoms with Crippen LogP contribution in [-0.2, 0) is 5.54 Å². The molecule has 2 aliphatic rings. The summed E-state index contributed by atoms with van der Waals surface area (Å²) in [5, 5.41) is 7.55. The van der Waals surface area contributed by atoms with Crippen molar-refractivity contribution in [1.29, 1.82) is 0 Å². The van der Waals surface area contributed by atoms with Gasteiger partial charge >= 0.3 is 0 Å². The Balaban J connectivity index is 1.75. The van der Waals surface area contributed by atoms with E-state index >= 15 is 0 Å². The van der Waals surface area contributed by atoms with E-state index in [2.05, 4.69) is 54.8 Å². The van der Waals surface area contributed by atoms with E-state index in [4.69, 9.17) is 0 Å². The number of benzene rings is 1. The van der Waals surface area contributed by atoms with Crippen molar-refractivity contribution in [2.75, 3.05) is 13.1 Å². The molecule has 0 spiro atoms. The van der Waals surface area contributed by atoms with E-state index in [1.807, 2.05) is 0 Å². The standard InChI is InChI=1S/C15H22N2/c1-14(12-6-4-3-5-7-12)10-17-15(2,11-16-14)13-8-9-13/h3-7,13,16-17H,8-11H2,1-2H3. The van der Waals surface area contributed by atoms with E-state index in [-0.39, 0.29) is 5.54 Å². The Labute approximate surface area is 104 Å². The summed E-state index contributed by atoms with van der Waals surface area (Å²) in [4.78, 5) is 0. The molecule has 3 rings (SSSR count). The lowest BCUT2D eigenvalue weighted by atomic mass is 9.84. The summed E-state index contributed by atoms with van der Waals surface area (Å²) < 4.78 is 0. The van der Waals surface area contributed by atoms with Crippen LogP contribution in [0.25, 0.3) is 0 Å². The lowest BCUT2D eigenvalue weighted by Gasteiger charge is -2.46. The highest BCUT2D eigenvalue weighted by molar-refractivity contribution is 5.26. The van der Waals surface area contributed by atoms with Crippen LogP contribution in [0, 0.1) is 5.92 Å². The second kappa shape index (κ2) is 3.82. The third kappa shape index (κ3) is 2.00. The molecule has 1 saturated heterocycles. The van der Waals surface area contributed by atoms with Crippen LogP contribution in [0.3, 0.4) is 0 Å². The van der Waals surface area contributed by atoms with Crippen LogP contribution in [0.15, 0.2) is 30.3 Å². The molecule has 2 nitrogen and oxygen atoms in total. The molecular formula is C15H22N2. The lowest BCUT2D eigenvalue weighted by Crippen LogP contribution is -2.66. The molecule has 2 atom stereocenters. The molecule has 0 amide bonds. The average molecular weight is 230 g/mol. The fourth-order valence-corrected chi connectivity index (χ4v) is 2.90. The predicted molar refractivity (Wildman–Crippen MR) is 70.9 cm³/mol. The van der Waals surface area contributed by atoms with Crippen molar-refractivity contribution in [3.05, 3.63) is 35.9 Å². The molecular weight excluding hydrogens is 208 g/mol. The molecule has 92 valence electrons. The van der Waals surface area contributed by atoms with Crippen molar-refractivity contribution < 1.29 is 0 Å². The van der Waals surface area contributed by atoms with Gasteiger partial charge in [0, 0.05) is 18.6 Å². The first kappa shape index (κ1) is 11.2. The van der Waals surface area contributed by atoms with Crippen molar-refractivity contribution in [3.63, 3.8) is 0 Å². The van der Waals surface area contributed by atoms with Gasteiger partial charge in [-0.1, -0.05) is 30.3 Å². The van der Waals surface area contributed by atoms with Crippen LogP contribution < -0.4 is 10.6 Å². The second-order valence-corrected chi connectivity index (χ2v) is 6.10. The molecule has 1 aromatic carbocycles. The van der Waals surface area contributed by atoms with Gasteiger partial charge in [0.05, 0.1) is 5.54 Å². The van der Waals surface area contributed by atoms with Crippen LogP contribution in [0.5, 0.6) is 0 Å². The average Bonchev–Trinajstić information content (AvgIpc) is 3.19. The molecule has 1 aromatic rings. The van der Waals surface area contributed by atoms with Crippen LogP contribution in [0.2, 0.25) is 0 Å². The molecule has 1 aliphatic heterocycles. The van der Waals surface area contributed by atoms with Gasteiger partial charge in [0.15, 0.2) is 0 Å². The first-order valence-electron chi connectivity index (χ1n) is 6.68. The topological polar surface area (TPSA) is 24.1 Å². The van der Waals surface area contributed by atoms with Gasteiger partial charge < -0.3 is 10.6 Å². The van der Waals surface area contributed by atoms with Gasteiger partial charge in [0.25, 0.3) is 0 Å². The molecule has 2 N–H and O–H groups in total. The second-order valence-electron chi connectivity index (χ2n) is 6.10. The van der Waals surface area contributed by atoms with E-state index in [9.17, 15) is 0 Å². The minimum absolute atomic E-state index is 0.0790. The normalized spacial score (nSPS) is 38.0. The summed E-state index contributed by atoms with van der Waals surface area (Å²) >= 11 is 0. The minimum atomic E-state index is 0.0790. The molecule has 0 bridgehead atoms. The summed E-state index contributed by atoms with van der Waals surface area (Å²) in [6, 6.07) is 10.8. The smallest absolute Gasteiger partial charge is 0.0533 e. The molecule has 2 heteroatoms. The monoisotopic (exact) mass is 230 g/mol. The lowest BCUT2D eigenvalue weighted by molar-refractivity contribution is 0.172. The van der Waals surface area contributed by atoms with Gasteiger partial charge in [-0.05, 0) is 38.2 Å². The van der Waals surface area contributed by atoms with Crippen LogP contribution in [0.1, 0.15) is 32.3 Å². The maximum atomic E-state index is 3.78. The van der Waals surface area contributed by atoms with Crippen molar-refractivity contribution in [2.24, 2.45) is 5.92 Å². The molecule has 17 heavy (non-hydrogen) atoms. The zero-order valence-electron chi connectivity index (χ0n) is 10.8. The molecule has 1 heterocycles. The highest BCUT2D eigenvalue weighted by atomic mass is 15.2. The third-order valence-electron chi connectivity index (χ3n) is 4.58. The summed E-state index contributed by atoms with van der Waals surface area (Å²) in [6.07, 6.45) is 2.79. The summed E-state index contributed by atoms with van der Waals surface area (Å²) in [6.45, 7) is 6.75. The Kier molecular flexibility index (Phi) is 2.53. The Hall–Kier alpha value is -0.860. The highest BCUT2D eigenvalue weighted by Crippen LogP contribution is 2.41. The Bertz CT molecular complexity index is 387. The summed E-state index contributed by atoms with van der Waals surface area (Å²) in [5.74, 6) is 0.885.